The molecule has 6 heteroatoms. The van der Waals surface area contributed by atoms with Gasteiger partial charge in [0.1, 0.15) is 5.78 Å². The average molecular weight is 356 g/mol. The second-order valence-electron chi connectivity index (χ2n) is 7.71. The van der Waals surface area contributed by atoms with Gasteiger partial charge in [0.15, 0.2) is 5.79 Å². The van der Waals surface area contributed by atoms with E-state index in [1.165, 1.54) is 0 Å². The predicted octanol–water partition coefficient (Wildman–Crippen LogP) is 1.42. The standard InChI is InChI=1S/C19H32O6/c1-5-7-12(3)17-18(4,25-17)8-13(10-20)16(22)14-11-24-19(23,6-2)9-15(14)21/h5,7,12-15,17,20-21,23H,6,8-11H2,1-4H3/b7-5-/t12-,13-,14-,15?,17+,18+,19?/m0/s1. The Balaban J connectivity index is 1.98. The molecule has 0 radical (unpaired) electrons. The molecule has 0 aliphatic carbocycles. The molecule has 2 fully saturated rings. The van der Waals surface area contributed by atoms with Crippen molar-refractivity contribution in [2.75, 3.05) is 13.2 Å². The fraction of sp³-hybridized carbons (Fsp3) is 0.842. The van der Waals surface area contributed by atoms with Crippen molar-refractivity contribution in [1.82, 2.24) is 0 Å². The zero-order valence-corrected chi connectivity index (χ0v) is 15.6. The molecule has 2 rings (SSSR count). The summed E-state index contributed by atoms with van der Waals surface area (Å²) in [5, 5.41) is 30.1. The molecule has 0 saturated carbocycles. The van der Waals surface area contributed by atoms with Gasteiger partial charge in [-0.05, 0) is 26.7 Å². The van der Waals surface area contributed by atoms with Gasteiger partial charge in [-0.25, -0.2) is 0 Å². The molecular formula is C19H32O6. The third-order valence-corrected chi connectivity index (χ3v) is 5.63. The lowest BCUT2D eigenvalue weighted by atomic mass is 9.79. The van der Waals surface area contributed by atoms with E-state index in [2.05, 4.69) is 13.0 Å². The number of ether oxygens (including phenoxy) is 2. The smallest absolute Gasteiger partial charge is 0.167 e. The van der Waals surface area contributed by atoms with Crippen LogP contribution in [0.4, 0.5) is 0 Å². The molecule has 3 N–H and O–H groups in total. The molecule has 0 aromatic carbocycles. The Morgan fingerprint density at radius 3 is 2.64 bits per heavy atom. The third-order valence-electron chi connectivity index (χ3n) is 5.63. The van der Waals surface area contributed by atoms with E-state index in [-0.39, 0.29) is 37.4 Å². The summed E-state index contributed by atoms with van der Waals surface area (Å²) in [5.41, 5.74) is -0.438. The maximum absolute atomic E-state index is 12.8. The summed E-state index contributed by atoms with van der Waals surface area (Å²) in [7, 11) is 0. The number of rotatable bonds is 8. The lowest BCUT2D eigenvalue weighted by molar-refractivity contribution is -0.257. The van der Waals surface area contributed by atoms with E-state index in [0.29, 0.717) is 12.8 Å². The predicted molar refractivity (Wildman–Crippen MR) is 92.8 cm³/mol. The molecule has 2 saturated heterocycles. The minimum atomic E-state index is -1.37. The van der Waals surface area contributed by atoms with Gasteiger partial charge >= 0.3 is 0 Å². The number of aliphatic hydroxyl groups excluding tert-OH is 2. The number of Topliss-reactive ketones (excluding diaryl/α,β-unsaturated/α-hetero) is 1. The highest BCUT2D eigenvalue weighted by molar-refractivity contribution is 5.84. The molecule has 2 aliphatic rings. The van der Waals surface area contributed by atoms with Crippen molar-refractivity contribution >= 4 is 5.78 Å². The average Bonchev–Trinajstić information content (AvgIpc) is 3.24. The molecular weight excluding hydrogens is 324 g/mol. The molecule has 0 aromatic rings. The van der Waals surface area contributed by atoms with Crippen LogP contribution in [0.1, 0.15) is 47.0 Å². The molecule has 144 valence electrons. The molecule has 0 amide bonds. The van der Waals surface area contributed by atoms with E-state index in [4.69, 9.17) is 9.47 Å². The van der Waals surface area contributed by atoms with Crippen LogP contribution in [-0.2, 0) is 14.3 Å². The van der Waals surface area contributed by atoms with E-state index in [9.17, 15) is 20.1 Å². The molecule has 2 unspecified atom stereocenters. The minimum absolute atomic E-state index is 0.00672. The van der Waals surface area contributed by atoms with Crippen LogP contribution in [0.5, 0.6) is 0 Å². The summed E-state index contributed by atoms with van der Waals surface area (Å²) in [5.74, 6) is -2.68. The number of carbonyl (C=O) groups excluding carboxylic acids is 1. The van der Waals surface area contributed by atoms with Crippen LogP contribution in [0.25, 0.3) is 0 Å². The maximum Gasteiger partial charge on any atom is 0.167 e. The minimum Gasteiger partial charge on any atom is -0.396 e. The summed E-state index contributed by atoms with van der Waals surface area (Å²) in [6, 6.07) is 0. The largest absolute Gasteiger partial charge is 0.396 e. The van der Waals surface area contributed by atoms with Crippen LogP contribution in [0.2, 0.25) is 0 Å². The lowest BCUT2D eigenvalue weighted by Crippen LogP contribution is -2.50. The zero-order valence-electron chi connectivity index (χ0n) is 15.6. The van der Waals surface area contributed by atoms with E-state index in [1.54, 1.807) is 6.92 Å². The normalized spacial score (nSPS) is 40.8. The number of hydrogen-bond donors (Lipinski definition) is 3. The second kappa shape index (κ2) is 7.84. The van der Waals surface area contributed by atoms with E-state index >= 15 is 0 Å². The SMILES string of the molecule is C/C=C\[C@H](C)[C@H]1O[C@]1(C)C[C@@H](CO)C(=O)[C@H]1COC(O)(CC)CC1O. The maximum atomic E-state index is 12.8. The molecule has 25 heavy (non-hydrogen) atoms. The fourth-order valence-electron chi connectivity index (χ4n) is 3.94. The van der Waals surface area contributed by atoms with Gasteiger partial charge in [-0.2, -0.15) is 0 Å². The highest BCUT2D eigenvalue weighted by atomic mass is 16.6. The summed E-state index contributed by atoms with van der Waals surface area (Å²) < 4.78 is 11.2. The van der Waals surface area contributed by atoms with Gasteiger partial charge in [0.2, 0.25) is 0 Å². The van der Waals surface area contributed by atoms with Crippen LogP contribution >= 0.6 is 0 Å². The van der Waals surface area contributed by atoms with Crippen molar-refractivity contribution in [1.29, 1.82) is 0 Å². The van der Waals surface area contributed by atoms with Gasteiger partial charge < -0.3 is 24.8 Å². The zero-order chi connectivity index (χ0) is 18.8. The van der Waals surface area contributed by atoms with E-state index < -0.39 is 29.3 Å². The molecule has 0 aromatic heterocycles. The number of aliphatic hydroxyl groups is 3. The van der Waals surface area contributed by atoms with Crippen molar-refractivity contribution < 1.29 is 29.6 Å². The first kappa shape index (κ1) is 20.5. The summed E-state index contributed by atoms with van der Waals surface area (Å²) in [6.07, 6.45) is 3.88. The van der Waals surface area contributed by atoms with Gasteiger partial charge in [0.25, 0.3) is 0 Å². The molecule has 2 heterocycles. The Bertz CT molecular complexity index is 506. The second-order valence-corrected chi connectivity index (χ2v) is 7.71. The fourth-order valence-corrected chi connectivity index (χ4v) is 3.94. The van der Waals surface area contributed by atoms with Crippen molar-refractivity contribution in [2.24, 2.45) is 17.8 Å². The Morgan fingerprint density at radius 1 is 1.44 bits per heavy atom. The van der Waals surface area contributed by atoms with E-state index in [1.807, 2.05) is 19.9 Å². The topological polar surface area (TPSA) is 99.5 Å². The Hall–Kier alpha value is -0.790. The quantitative estimate of drug-likeness (QED) is 0.449. The number of ketones is 1. The summed E-state index contributed by atoms with van der Waals surface area (Å²) in [6.45, 7) is 7.43. The third kappa shape index (κ3) is 4.49. The Kier molecular flexibility index (Phi) is 6.44. The number of hydrogen-bond acceptors (Lipinski definition) is 6. The highest BCUT2D eigenvalue weighted by Gasteiger charge is 2.56. The van der Waals surface area contributed by atoms with Crippen LogP contribution < -0.4 is 0 Å². The molecule has 2 aliphatic heterocycles. The molecule has 7 atom stereocenters. The van der Waals surface area contributed by atoms with Gasteiger partial charge in [0.05, 0.1) is 36.9 Å². The monoisotopic (exact) mass is 356 g/mol. The summed E-state index contributed by atoms with van der Waals surface area (Å²) >= 11 is 0. The van der Waals surface area contributed by atoms with Crippen molar-refractivity contribution in [2.45, 2.75) is 70.6 Å². The van der Waals surface area contributed by atoms with Crippen molar-refractivity contribution in [3.63, 3.8) is 0 Å². The number of allylic oxidation sites excluding steroid dienone is 1. The van der Waals surface area contributed by atoms with Crippen LogP contribution in [-0.4, -0.2) is 57.9 Å². The summed E-state index contributed by atoms with van der Waals surface area (Å²) in [4.78, 5) is 12.8. The first-order chi connectivity index (χ1) is 11.7. The lowest BCUT2D eigenvalue weighted by Gasteiger charge is -2.39. The van der Waals surface area contributed by atoms with Gasteiger partial charge in [-0.15, -0.1) is 0 Å². The first-order valence-electron chi connectivity index (χ1n) is 9.19. The van der Waals surface area contributed by atoms with Crippen LogP contribution in [0, 0.1) is 17.8 Å². The molecule has 0 bridgehead atoms. The van der Waals surface area contributed by atoms with Gasteiger partial charge in [-0.3, -0.25) is 4.79 Å². The van der Waals surface area contributed by atoms with Crippen molar-refractivity contribution in [3.05, 3.63) is 12.2 Å². The van der Waals surface area contributed by atoms with Crippen LogP contribution in [0.3, 0.4) is 0 Å². The number of epoxide rings is 1. The Morgan fingerprint density at radius 2 is 2.12 bits per heavy atom. The van der Waals surface area contributed by atoms with E-state index in [0.717, 1.165) is 0 Å². The van der Waals surface area contributed by atoms with Gasteiger partial charge in [0, 0.05) is 18.3 Å². The first-order valence-corrected chi connectivity index (χ1v) is 9.19. The Labute approximate surface area is 149 Å². The van der Waals surface area contributed by atoms with Gasteiger partial charge in [-0.1, -0.05) is 26.0 Å². The molecule has 6 nitrogen and oxygen atoms in total. The van der Waals surface area contributed by atoms with Crippen LogP contribution in [0.15, 0.2) is 12.2 Å². The van der Waals surface area contributed by atoms with Crippen molar-refractivity contribution in [3.8, 4) is 0 Å². The molecule has 0 spiro atoms. The number of carbonyl (C=O) groups is 1. The highest BCUT2D eigenvalue weighted by Crippen LogP contribution is 2.46.